The minimum absolute atomic E-state index is 0.0848. The highest BCUT2D eigenvalue weighted by atomic mass is 35.5. The van der Waals surface area contributed by atoms with Crippen LogP contribution >= 0.6 is 22.9 Å². The SMILES string of the molecule is C=CCN(Cc1nccn1Cc1c(F)cccc1Cl)C(=O)c1cccs1. The molecule has 0 bridgehead atoms. The summed E-state index contributed by atoms with van der Waals surface area (Å²) in [7, 11) is 0. The molecule has 0 unspecified atom stereocenters. The molecule has 0 fully saturated rings. The molecule has 1 aromatic carbocycles. The van der Waals surface area contributed by atoms with Crippen molar-refractivity contribution in [3.63, 3.8) is 0 Å². The van der Waals surface area contributed by atoms with Crippen LogP contribution < -0.4 is 0 Å². The van der Waals surface area contributed by atoms with Crippen molar-refractivity contribution in [2.24, 2.45) is 0 Å². The molecule has 1 amide bonds. The minimum Gasteiger partial charge on any atom is -0.329 e. The summed E-state index contributed by atoms with van der Waals surface area (Å²) in [4.78, 5) is 19.3. The van der Waals surface area contributed by atoms with Crippen LogP contribution in [0.25, 0.3) is 0 Å². The van der Waals surface area contributed by atoms with Crippen LogP contribution in [-0.4, -0.2) is 26.9 Å². The van der Waals surface area contributed by atoms with Gasteiger partial charge in [-0.3, -0.25) is 4.79 Å². The fourth-order valence-electron chi connectivity index (χ4n) is 2.59. The van der Waals surface area contributed by atoms with Gasteiger partial charge < -0.3 is 9.47 Å². The van der Waals surface area contributed by atoms with Crippen molar-refractivity contribution >= 4 is 28.8 Å². The molecule has 0 saturated heterocycles. The van der Waals surface area contributed by atoms with E-state index in [-0.39, 0.29) is 18.3 Å². The lowest BCUT2D eigenvalue weighted by Crippen LogP contribution is -2.31. The number of amides is 1. The number of aromatic nitrogens is 2. The Balaban J connectivity index is 1.82. The molecule has 3 rings (SSSR count). The number of rotatable bonds is 7. The number of benzene rings is 1. The third-order valence-electron chi connectivity index (χ3n) is 3.89. The molecule has 0 radical (unpaired) electrons. The van der Waals surface area contributed by atoms with Crippen molar-refractivity contribution in [3.8, 4) is 0 Å². The minimum atomic E-state index is -0.366. The third kappa shape index (κ3) is 4.03. The van der Waals surface area contributed by atoms with E-state index in [0.29, 0.717) is 34.4 Å². The lowest BCUT2D eigenvalue weighted by Gasteiger charge is -2.21. The number of halogens is 2. The molecule has 0 saturated carbocycles. The molecule has 0 N–H and O–H groups in total. The molecular weight excluding hydrogens is 373 g/mol. The number of hydrogen-bond acceptors (Lipinski definition) is 3. The van der Waals surface area contributed by atoms with Gasteiger partial charge in [0.25, 0.3) is 5.91 Å². The average molecular weight is 390 g/mol. The Morgan fingerprint density at radius 1 is 1.38 bits per heavy atom. The fourth-order valence-corrected chi connectivity index (χ4v) is 3.50. The Morgan fingerprint density at radius 3 is 2.92 bits per heavy atom. The fraction of sp³-hybridized carbons (Fsp3) is 0.158. The Kier molecular flexibility index (Phi) is 5.85. The zero-order valence-corrected chi connectivity index (χ0v) is 15.5. The summed E-state index contributed by atoms with van der Waals surface area (Å²) in [6.45, 7) is 4.65. The summed E-state index contributed by atoms with van der Waals surface area (Å²) >= 11 is 7.51. The van der Waals surface area contributed by atoms with E-state index >= 15 is 0 Å². The van der Waals surface area contributed by atoms with Gasteiger partial charge in [0.05, 0.1) is 18.0 Å². The van der Waals surface area contributed by atoms with Crippen molar-refractivity contribution in [2.45, 2.75) is 13.1 Å². The lowest BCUT2D eigenvalue weighted by atomic mass is 10.2. The molecule has 26 heavy (non-hydrogen) atoms. The van der Waals surface area contributed by atoms with Crippen molar-refractivity contribution in [1.29, 1.82) is 0 Å². The Morgan fingerprint density at radius 2 is 2.23 bits per heavy atom. The quantitative estimate of drug-likeness (QED) is 0.553. The maximum Gasteiger partial charge on any atom is 0.264 e. The molecule has 0 spiro atoms. The highest BCUT2D eigenvalue weighted by Crippen LogP contribution is 2.21. The summed E-state index contributed by atoms with van der Waals surface area (Å²) < 4.78 is 15.9. The summed E-state index contributed by atoms with van der Waals surface area (Å²) in [5, 5.41) is 2.22. The Labute approximate surface area is 160 Å². The second-order valence-electron chi connectivity index (χ2n) is 5.62. The van der Waals surface area contributed by atoms with Crippen LogP contribution in [0.1, 0.15) is 21.1 Å². The van der Waals surface area contributed by atoms with E-state index in [4.69, 9.17) is 11.6 Å². The number of imidazole rings is 1. The molecule has 0 aliphatic rings. The third-order valence-corrected chi connectivity index (χ3v) is 5.10. The van der Waals surface area contributed by atoms with Crippen LogP contribution in [-0.2, 0) is 13.1 Å². The monoisotopic (exact) mass is 389 g/mol. The van der Waals surface area contributed by atoms with E-state index in [9.17, 15) is 9.18 Å². The summed E-state index contributed by atoms with van der Waals surface area (Å²) in [6.07, 6.45) is 5.05. The van der Waals surface area contributed by atoms with Crippen molar-refractivity contribution in [1.82, 2.24) is 14.5 Å². The molecule has 2 heterocycles. The van der Waals surface area contributed by atoms with E-state index in [0.717, 1.165) is 0 Å². The first-order valence-electron chi connectivity index (χ1n) is 7.96. The first-order chi connectivity index (χ1) is 12.6. The lowest BCUT2D eigenvalue weighted by molar-refractivity contribution is 0.0762. The first kappa shape index (κ1) is 18.4. The van der Waals surface area contributed by atoms with Crippen LogP contribution in [0.3, 0.4) is 0 Å². The van der Waals surface area contributed by atoms with Crippen LogP contribution in [0.15, 0.2) is 60.8 Å². The topological polar surface area (TPSA) is 38.1 Å². The van der Waals surface area contributed by atoms with Crippen LogP contribution in [0.4, 0.5) is 4.39 Å². The molecule has 0 aliphatic carbocycles. The summed E-state index contributed by atoms with van der Waals surface area (Å²) in [5.74, 6) is 0.198. The molecule has 3 aromatic rings. The van der Waals surface area contributed by atoms with Gasteiger partial charge in [0, 0.05) is 29.5 Å². The van der Waals surface area contributed by atoms with E-state index in [1.165, 1.54) is 17.4 Å². The molecule has 0 aliphatic heterocycles. The van der Waals surface area contributed by atoms with Gasteiger partial charge in [-0.1, -0.05) is 29.8 Å². The predicted octanol–water partition coefficient (Wildman–Crippen LogP) is 4.61. The van der Waals surface area contributed by atoms with Crippen molar-refractivity contribution in [3.05, 3.63) is 87.9 Å². The van der Waals surface area contributed by atoms with Crippen LogP contribution in [0.2, 0.25) is 5.02 Å². The molecular formula is C19H17ClFN3OS. The molecule has 4 nitrogen and oxygen atoms in total. The van der Waals surface area contributed by atoms with E-state index in [1.54, 1.807) is 46.1 Å². The van der Waals surface area contributed by atoms with E-state index in [2.05, 4.69) is 11.6 Å². The second-order valence-corrected chi connectivity index (χ2v) is 6.98. The smallest absolute Gasteiger partial charge is 0.264 e. The molecule has 134 valence electrons. The second kappa shape index (κ2) is 8.29. The molecule has 0 atom stereocenters. The number of hydrogen-bond donors (Lipinski definition) is 0. The van der Waals surface area contributed by atoms with Gasteiger partial charge in [-0.05, 0) is 23.6 Å². The number of carbonyl (C=O) groups excluding carboxylic acids is 1. The zero-order chi connectivity index (χ0) is 18.5. The van der Waals surface area contributed by atoms with Crippen LogP contribution in [0.5, 0.6) is 0 Å². The van der Waals surface area contributed by atoms with E-state index in [1.807, 2.05) is 11.4 Å². The van der Waals surface area contributed by atoms with Crippen molar-refractivity contribution in [2.75, 3.05) is 6.54 Å². The highest BCUT2D eigenvalue weighted by molar-refractivity contribution is 7.12. The van der Waals surface area contributed by atoms with Gasteiger partial charge in [-0.2, -0.15) is 0 Å². The van der Waals surface area contributed by atoms with Gasteiger partial charge in [-0.15, -0.1) is 17.9 Å². The van der Waals surface area contributed by atoms with Crippen molar-refractivity contribution < 1.29 is 9.18 Å². The largest absolute Gasteiger partial charge is 0.329 e. The van der Waals surface area contributed by atoms with Crippen LogP contribution in [0, 0.1) is 5.82 Å². The molecule has 2 aromatic heterocycles. The number of carbonyl (C=O) groups is 1. The Bertz CT molecular complexity index is 887. The Hall–Kier alpha value is -2.44. The van der Waals surface area contributed by atoms with E-state index < -0.39 is 0 Å². The predicted molar refractivity (Wildman–Crippen MR) is 102 cm³/mol. The summed E-state index contributed by atoms with van der Waals surface area (Å²) in [6, 6.07) is 8.23. The zero-order valence-electron chi connectivity index (χ0n) is 13.9. The average Bonchev–Trinajstić information content (AvgIpc) is 3.29. The first-order valence-corrected chi connectivity index (χ1v) is 9.22. The molecule has 7 heteroatoms. The maximum atomic E-state index is 14.1. The summed E-state index contributed by atoms with van der Waals surface area (Å²) in [5.41, 5.74) is 0.397. The number of nitrogens with zero attached hydrogens (tertiary/aromatic N) is 3. The highest BCUT2D eigenvalue weighted by Gasteiger charge is 2.19. The maximum absolute atomic E-state index is 14.1. The standard InChI is InChI=1S/C19H17ClFN3OS/c1-2-9-24(19(25)17-7-4-11-26-17)13-18-22-8-10-23(18)12-14-15(20)5-3-6-16(14)21/h2-8,10-11H,1,9,12-13H2. The van der Waals surface area contributed by atoms with Gasteiger partial charge in [0.2, 0.25) is 0 Å². The van der Waals surface area contributed by atoms with Gasteiger partial charge >= 0.3 is 0 Å². The number of thiophene rings is 1. The van der Waals surface area contributed by atoms with Gasteiger partial charge in [0.15, 0.2) is 0 Å². The van der Waals surface area contributed by atoms with Gasteiger partial charge in [-0.25, -0.2) is 9.37 Å². The normalized spacial score (nSPS) is 10.7. The van der Waals surface area contributed by atoms with Gasteiger partial charge in [0.1, 0.15) is 11.6 Å².